The van der Waals surface area contributed by atoms with Crippen molar-refractivity contribution in [1.29, 1.82) is 0 Å². The van der Waals surface area contributed by atoms with Crippen LogP contribution < -0.4 is 0 Å². The van der Waals surface area contributed by atoms with Gasteiger partial charge in [-0.2, -0.15) is 0 Å². The number of rotatable bonds is 16. The molecule has 0 spiro atoms. The van der Waals surface area contributed by atoms with Crippen molar-refractivity contribution in [3.63, 3.8) is 0 Å². The average Bonchev–Trinajstić information content (AvgIpc) is 2.68. The van der Waals surface area contributed by atoms with Crippen LogP contribution in [0.1, 0.15) is 55.4 Å². The van der Waals surface area contributed by atoms with Crippen LogP contribution in [0, 0.1) is 0 Å². The second-order valence-electron chi connectivity index (χ2n) is 6.64. The van der Waals surface area contributed by atoms with Crippen LogP contribution in [0.3, 0.4) is 0 Å². The summed E-state index contributed by atoms with van der Waals surface area (Å²) in [6.07, 6.45) is 14.4. The van der Waals surface area contributed by atoms with Crippen molar-refractivity contribution in [3.8, 4) is 0 Å². The molecule has 0 saturated carbocycles. The summed E-state index contributed by atoms with van der Waals surface area (Å²) in [4.78, 5) is 0. The molecule has 0 N–H and O–H groups in total. The van der Waals surface area contributed by atoms with E-state index >= 15 is 0 Å². The number of hydrogen-bond acceptors (Lipinski definition) is 0. The van der Waals surface area contributed by atoms with Crippen LogP contribution in [0.15, 0.2) is 0 Å². The molecule has 0 heterocycles. The van der Waals surface area contributed by atoms with E-state index in [-0.39, 0.29) is 31.7 Å². The van der Waals surface area contributed by atoms with Gasteiger partial charge in [-0.25, -0.2) is 0 Å². The Kier molecular flexibility index (Phi) is 19.2. The zero-order chi connectivity index (χ0) is 20.1. The van der Waals surface area contributed by atoms with Gasteiger partial charge in [0.05, 0.1) is 0 Å². The molecule has 26 heavy (non-hydrogen) atoms. The normalized spacial score (nSPS) is 15.0. The van der Waals surface area contributed by atoms with Crippen molar-refractivity contribution in [2.75, 3.05) is 61.6 Å². The Labute approximate surface area is 181 Å². The summed E-state index contributed by atoms with van der Waals surface area (Å²) < 4.78 is 2.01. The molecule has 0 aliphatic carbocycles. The molecule has 0 aliphatic rings. The minimum atomic E-state index is -1.89. The van der Waals surface area contributed by atoms with Crippen molar-refractivity contribution in [1.82, 2.24) is 0 Å². The van der Waals surface area contributed by atoms with E-state index in [4.69, 9.17) is 9.42 Å². The summed E-state index contributed by atoms with van der Waals surface area (Å²) in [5.74, 6) is 0. The molecule has 0 saturated heterocycles. The Morgan fingerprint density at radius 3 is 1.00 bits per heavy atom. The van der Waals surface area contributed by atoms with Crippen LogP contribution >= 0.6 is 41.1 Å². The van der Waals surface area contributed by atoms with Gasteiger partial charge in [0.2, 0.25) is 0 Å². The molecule has 2 atom stereocenters. The summed E-state index contributed by atoms with van der Waals surface area (Å²) in [5.41, 5.74) is 0. The fourth-order valence-corrected chi connectivity index (χ4v) is 45.9. The van der Waals surface area contributed by atoms with Crippen molar-refractivity contribution in [2.45, 2.75) is 63.5 Å². The predicted molar refractivity (Wildman–Crippen MR) is 135 cm³/mol. The molecular formula is C20H46ClP4W. The fraction of sp³-hybridized carbons (Fsp3) is 1.00. The molecule has 0 fully saturated rings. The van der Waals surface area contributed by atoms with E-state index in [1.165, 1.54) is 61.6 Å². The Morgan fingerprint density at radius 2 is 0.808 bits per heavy atom. The van der Waals surface area contributed by atoms with Gasteiger partial charge in [-0.05, 0) is 0 Å². The van der Waals surface area contributed by atoms with Gasteiger partial charge in [-0.15, -0.1) is 0 Å². The number of hydrogen-bond donors (Lipinski definition) is 0. The third-order valence-corrected chi connectivity index (χ3v) is 39.3. The summed E-state index contributed by atoms with van der Waals surface area (Å²) in [7, 11) is 8.53. The first-order valence-corrected chi connectivity index (χ1v) is 25.2. The summed E-state index contributed by atoms with van der Waals surface area (Å²) in [6.45, 7) is 19.5. The van der Waals surface area contributed by atoms with Crippen LogP contribution in [-0.2, 0) is 16.3 Å². The van der Waals surface area contributed by atoms with Gasteiger partial charge in [-0.3, -0.25) is 0 Å². The van der Waals surface area contributed by atoms with Gasteiger partial charge in [0.25, 0.3) is 0 Å². The minimum absolute atomic E-state index is 0.184. The van der Waals surface area contributed by atoms with E-state index in [1.807, 2.05) is 0 Å². The maximum atomic E-state index is 7.68. The van der Waals surface area contributed by atoms with Gasteiger partial charge in [-0.1, -0.05) is 0 Å². The van der Waals surface area contributed by atoms with Crippen LogP contribution in [0.5, 0.6) is 0 Å². The molecular weight excluding hydrogens is 583 g/mol. The van der Waals surface area contributed by atoms with Gasteiger partial charge >= 0.3 is 182 Å². The predicted octanol–water partition coefficient (Wildman–Crippen LogP) is 8.50. The third kappa shape index (κ3) is 9.67. The monoisotopic (exact) mass is 629 g/mol. The molecule has 0 aromatic carbocycles. The summed E-state index contributed by atoms with van der Waals surface area (Å²) in [5, 5.41) is 0. The molecule has 0 aliphatic heterocycles. The topological polar surface area (TPSA) is 0 Å². The number of halogens is 1. The first-order valence-electron chi connectivity index (χ1n) is 10.8. The molecule has 2 unspecified atom stereocenters. The van der Waals surface area contributed by atoms with E-state index in [0.717, 1.165) is 8.10 Å². The quantitative estimate of drug-likeness (QED) is 0.150. The maximum absolute atomic E-state index is 7.68. The van der Waals surface area contributed by atoms with E-state index < -0.39 is 16.3 Å². The van der Waals surface area contributed by atoms with E-state index in [1.54, 1.807) is 0 Å². The Balaban J connectivity index is 5.63. The molecule has 0 nitrogen and oxygen atoms in total. The van der Waals surface area contributed by atoms with Crippen LogP contribution in [-0.4, -0.2) is 69.7 Å². The molecule has 0 bridgehead atoms. The molecule has 0 amide bonds. The van der Waals surface area contributed by atoms with Crippen LogP contribution in [0.25, 0.3) is 0 Å². The molecule has 159 valence electrons. The molecule has 0 aromatic rings. The zero-order valence-corrected chi connectivity index (χ0v) is 26.1. The Bertz CT molecular complexity index is 289. The molecule has 0 radical (unpaired) electrons. The average molecular weight is 630 g/mol. The van der Waals surface area contributed by atoms with E-state index in [9.17, 15) is 0 Å². The standard InChI is InChI=1S/2C10H23P2.ClH.W/c2*1-5-11(6-2)9-10-12(7-3)8-4;;/h2*9H,5-8,10H2,1-4H3;1H;/q;;;+1/p-1. The third-order valence-electron chi connectivity index (χ3n) is 5.58. The Morgan fingerprint density at radius 1 is 0.538 bits per heavy atom. The van der Waals surface area contributed by atoms with E-state index in [0.29, 0.717) is 0 Å². The van der Waals surface area contributed by atoms with Gasteiger partial charge < -0.3 is 0 Å². The second-order valence-corrected chi connectivity index (χ2v) is 30.7. The molecule has 0 aromatic heterocycles. The van der Waals surface area contributed by atoms with Gasteiger partial charge in [0, 0.05) is 0 Å². The SMILES string of the molecule is CCP(CC)C[CH](P(CC)CC)[W]([Cl])[CH](CP(CC)CC)P(CC)CC. The van der Waals surface area contributed by atoms with Crippen LogP contribution in [0.4, 0.5) is 0 Å². The molecule has 6 heteroatoms. The second kappa shape index (κ2) is 17.4. The van der Waals surface area contributed by atoms with Crippen LogP contribution in [0.2, 0.25) is 0 Å². The van der Waals surface area contributed by atoms with Crippen molar-refractivity contribution in [2.24, 2.45) is 0 Å². The summed E-state index contributed by atoms with van der Waals surface area (Å²) in [6, 6.07) is 0. The first kappa shape index (κ1) is 28.7. The van der Waals surface area contributed by atoms with E-state index in [2.05, 4.69) is 55.4 Å². The molecule has 0 rings (SSSR count). The van der Waals surface area contributed by atoms with Gasteiger partial charge in [0.1, 0.15) is 0 Å². The van der Waals surface area contributed by atoms with Gasteiger partial charge in [0.15, 0.2) is 0 Å². The summed E-state index contributed by atoms with van der Waals surface area (Å²) >= 11 is -1.89. The van der Waals surface area contributed by atoms with Crippen molar-refractivity contribution >= 4 is 41.1 Å². The zero-order valence-electron chi connectivity index (χ0n) is 18.8. The fourth-order valence-electron chi connectivity index (χ4n) is 3.51. The first-order chi connectivity index (χ1) is 12.5. The Hall–Kier alpha value is 2.70. The van der Waals surface area contributed by atoms with Crippen molar-refractivity contribution in [3.05, 3.63) is 0 Å². The van der Waals surface area contributed by atoms with Crippen molar-refractivity contribution < 1.29 is 16.3 Å².